The smallest absolute Gasteiger partial charge is 0.126 e. The average Bonchev–Trinajstić information content (AvgIpc) is 3.49. The lowest BCUT2D eigenvalue weighted by molar-refractivity contribution is 0.0614. The van der Waals surface area contributed by atoms with Crippen LogP contribution in [0.5, 0.6) is 5.75 Å². The second-order valence-electron chi connectivity index (χ2n) is 9.42. The van der Waals surface area contributed by atoms with Crippen molar-refractivity contribution < 1.29 is 9.47 Å². The first-order valence-corrected chi connectivity index (χ1v) is 12.2. The predicted molar refractivity (Wildman–Crippen MR) is 124 cm³/mol. The first-order valence-electron chi connectivity index (χ1n) is 12.2. The highest BCUT2D eigenvalue weighted by Gasteiger charge is 2.28. The number of hydrogen-bond acceptors (Lipinski definition) is 4. The fourth-order valence-corrected chi connectivity index (χ4v) is 5.57. The molecule has 2 saturated heterocycles. The SMILES string of the molecule is COc1ccccc1/C=C/CN(CC1CCN(C2CCCC2)CC1)C[C@@H]1CCCO1. The van der Waals surface area contributed by atoms with Crippen molar-refractivity contribution in [2.45, 2.75) is 63.5 Å². The van der Waals surface area contributed by atoms with E-state index >= 15 is 0 Å². The Kier molecular flexibility index (Phi) is 8.24. The van der Waals surface area contributed by atoms with Crippen molar-refractivity contribution in [2.24, 2.45) is 5.92 Å². The fourth-order valence-electron chi connectivity index (χ4n) is 5.57. The van der Waals surface area contributed by atoms with Gasteiger partial charge in [-0.25, -0.2) is 0 Å². The Labute approximate surface area is 183 Å². The molecule has 1 aromatic rings. The molecule has 0 bridgehead atoms. The highest BCUT2D eigenvalue weighted by Crippen LogP contribution is 2.28. The van der Waals surface area contributed by atoms with Crippen LogP contribution in [0.25, 0.3) is 6.08 Å². The van der Waals surface area contributed by atoms with E-state index in [1.54, 1.807) is 7.11 Å². The molecule has 1 aliphatic carbocycles. The minimum absolute atomic E-state index is 0.420. The first kappa shape index (κ1) is 21.9. The summed E-state index contributed by atoms with van der Waals surface area (Å²) >= 11 is 0. The molecule has 2 heterocycles. The van der Waals surface area contributed by atoms with Crippen LogP contribution in [0.4, 0.5) is 0 Å². The number of rotatable bonds is 9. The molecule has 0 N–H and O–H groups in total. The van der Waals surface area contributed by atoms with Crippen molar-refractivity contribution in [3.8, 4) is 5.75 Å². The monoisotopic (exact) mass is 412 g/mol. The highest BCUT2D eigenvalue weighted by atomic mass is 16.5. The average molecular weight is 413 g/mol. The Bertz CT molecular complexity index is 657. The van der Waals surface area contributed by atoms with Crippen molar-refractivity contribution in [2.75, 3.05) is 46.4 Å². The largest absolute Gasteiger partial charge is 0.496 e. The van der Waals surface area contributed by atoms with Gasteiger partial charge in [0.2, 0.25) is 0 Å². The molecular formula is C26H40N2O2. The van der Waals surface area contributed by atoms with E-state index in [-0.39, 0.29) is 0 Å². The van der Waals surface area contributed by atoms with Crippen LogP contribution in [0.1, 0.15) is 56.9 Å². The molecule has 2 aliphatic heterocycles. The molecule has 1 saturated carbocycles. The summed E-state index contributed by atoms with van der Waals surface area (Å²) in [7, 11) is 1.74. The summed E-state index contributed by atoms with van der Waals surface area (Å²) in [5.41, 5.74) is 1.15. The zero-order valence-corrected chi connectivity index (χ0v) is 18.8. The third-order valence-electron chi connectivity index (χ3n) is 7.29. The van der Waals surface area contributed by atoms with Crippen LogP contribution < -0.4 is 4.74 Å². The third-order valence-corrected chi connectivity index (χ3v) is 7.29. The summed E-state index contributed by atoms with van der Waals surface area (Å²) in [6, 6.07) is 9.14. The number of benzene rings is 1. The molecular weight excluding hydrogens is 372 g/mol. The third kappa shape index (κ3) is 6.09. The van der Waals surface area contributed by atoms with Gasteiger partial charge in [-0.3, -0.25) is 4.90 Å². The molecule has 0 amide bonds. The highest BCUT2D eigenvalue weighted by molar-refractivity contribution is 5.57. The van der Waals surface area contributed by atoms with Gasteiger partial charge >= 0.3 is 0 Å². The number of methoxy groups -OCH3 is 1. The van der Waals surface area contributed by atoms with E-state index in [9.17, 15) is 0 Å². The lowest BCUT2D eigenvalue weighted by atomic mass is 9.94. The van der Waals surface area contributed by atoms with Gasteiger partial charge in [-0.2, -0.15) is 0 Å². The van der Waals surface area contributed by atoms with Gasteiger partial charge in [0.1, 0.15) is 5.75 Å². The molecule has 4 nitrogen and oxygen atoms in total. The standard InChI is InChI=1S/C26H40N2O2/c1-29-26-13-5-2-8-23(26)9-6-16-27(21-25-12-7-19-30-25)20-22-14-17-28(18-15-22)24-10-3-4-11-24/h2,5-6,8-9,13,22,24-25H,3-4,7,10-12,14-21H2,1H3/b9-6+/t25-/m0/s1. The second kappa shape index (κ2) is 11.3. The van der Waals surface area contributed by atoms with Gasteiger partial charge in [0, 0.05) is 37.8 Å². The number of para-hydroxylation sites is 1. The molecule has 3 fully saturated rings. The summed E-state index contributed by atoms with van der Waals surface area (Å²) in [6.07, 6.45) is 15.8. The zero-order valence-electron chi connectivity index (χ0n) is 18.8. The number of likely N-dealkylation sites (tertiary alicyclic amines) is 1. The van der Waals surface area contributed by atoms with Crippen LogP contribution in [-0.2, 0) is 4.74 Å². The normalized spacial score (nSPS) is 24.4. The Balaban J connectivity index is 1.31. The lowest BCUT2D eigenvalue weighted by Crippen LogP contribution is -2.43. The molecule has 1 aromatic carbocycles. The molecule has 166 valence electrons. The van der Waals surface area contributed by atoms with Gasteiger partial charge in [-0.05, 0) is 63.6 Å². The van der Waals surface area contributed by atoms with Gasteiger partial charge < -0.3 is 14.4 Å². The summed E-state index contributed by atoms with van der Waals surface area (Å²) in [4.78, 5) is 5.42. The molecule has 30 heavy (non-hydrogen) atoms. The Morgan fingerprint density at radius 1 is 1.03 bits per heavy atom. The minimum atomic E-state index is 0.420. The van der Waals surface area contributed by atoms with Crippen LogP contribution in [0.2, 0.25) is 0 Å². The number of ether oxygens (including phenoxy) is 2. The van der Waals surface area contributed by atoms with E-state index in [4.69, 9.17) is 9.47 Å². The summed E-state index contributed by atoms with van der Waals surface area (Å²) in [6.45, 7) is 6.81. The van der Waals surface area contributed by atoms with Crippen molar-refractivity contribution in [3.05, 3.63) is 35.9 Å². The van der Waals surface area contributed by atoms with Crippen molar-refractivity contribution in [1.82, 2.24) is 9.80 Å². The number of piperidine rings is 1. The maximum absolute atomic E-state index is 5.96. The van der Waals surface area contributed by atoms with E-state index in [2.05, 4.69) is 34.1 Å². The van der Waals surface area contributed by atoms with E-state index < -0.39 is 0 Å². The van der Waals surface area contributed by atoms with Crippen LogP contribution in [0.3, 0.4) is 0 Å². The quantitative estimate of drug-likeness (QED) is 0.579. The van der Waals surface area contributed by atoms with E-state index in [0.717, 1.165) is 43.0 Å². The predicted octanol–water partition coefficient (Wildman–Crippen LogP) is 4.84. The van der Waals surface area contributed by atoms with E-state index in [1.165, 1.54) is 71.0 Å². The molecule has 3 aliphatic rings. The van der Waals surface area contributed by atoms with Gasteiger partial charge in [0.15, 0.2) is 0 Å². The molecule has 0 unspecified atom stereocenters. The maximum atomic E-state index is 5.96. The minimum Gasteiger partial charge on any atom is -0.496 e. The van der Waals surface area contributed by atoms with Gasteiger partial charge in [-0.15, -0.1) is 0 Å². The summed E-state index contributed by atoms with van der Waals surface area (Å²) in [5, 5.41) is 0. The van der Waals surface area contributed by atoms with E-state index in [1.807, 2.05) is 12.1 Å². The Morgan fingerprint density at radius 2 is 1.83 bits per heavy atom. The molecule has 4 heteroatoms. The number of nitrogens with zero attached hydrogens (tertiary/aromatic N) is 2. The van der Waals surface area contributed by atoms with Crippen LogP contribution in [-0.4, -0.2) is 68.4 Å². The van der Waals surface area contributed by atoms with Crippen LogP contribution >= 0.6 is 0 Å². The zero-order chi connectivity index (χ0) is 20.6. The fraction of sp³-hybridized carbons (Fsp3) is 0.692. The number of hydrogen-bond donors (Lipinski definition) is 0. The van der Waals surface area contributed by atoms with Crippen molar-refractivity contribution in [3.63, 3.8) is 0 Å². The van der Waals surface area contributed by atoms with Crippen molar-refractivity contribution in [1.29, 1.82) is 0 Å². The Morgan fingerprint density at radius 3 is 2.57 bits per heavy atom. The second-order valence-corrected chi connectivity index (χ2v) is 9.42. The van der Waals surface area contributed by atoms with Crippen molar-refractivity contribution >= 4 is 6.08 Å². The van der Waals surface area contributed by atoms with Crippen LogP contribution in [0, 0.1) is 5.92 Å². The molecule has 0 aromatic heterocycles. The van der Waals surface area contributed by atoms with E-state index in [0.29, 0.717) is 6.10 Å². The topological polar surface area (TPSA) is 24.9 Å². The van der Waals surface area contributed by atoms with Gasteiger partial charge in [0.25, 0.3) is 0 Å². The van der Waals surface area contributed by atoms with Gasteiger partial charge in [-0.1, -0.05) is 43.2 Å². The van der Waals surface area contributed by atoms with Crippen LogP contribution in [0.15, 0.2) is 30.3 Å². The van der Waals surface area contributed by atoms with Gasteiger partial charge in [0.05, 0.1) is 13.2 Å². The lowest BCUT2D eigenvalue weighted by Gasteiger charge is -2.38. The Hall–Kier alpha value is -1.36. The summed E-state index contributed by atoms with van der Waals surface area (Å²) in [5.74, 6) is 1.77. The molecule has 0 spiro atoms. The molecule has 4 rings (SSSR count). The molecule has 1 atom stereocenters. The molecule has 0 radical (unpaired) electrons. The maximum Gasteiger partial charge on any atom is 0.126 e. The first-order chi connectivity index (χ1) is 14.8. The summed E-state index contributed by atoms with van der Waals surface area (Å²) < 4.78 is 11.5.